The highest BCUT2D eigenvalue weighted by Gasteiger charge is 2.12. The van der Waals surface area contributed by atoms with E-state index >= 15 is 0 Å². The Morgan fingerprint density at radius 2 is 1.59 bits per heavy atom. The quantitative estimate of drug-likeness (QED) is 0.458. The molecule has 0 bridgehead atoms. The first-order valence-corrected chi connectivity index (χ1v) is 11.8. The maximum Gasteiger partial charge on any atom is 0.255 e. The van der Waals surface area contributed by atoms with Gasteiger partial charge in [-0.25, -0.2) is 8.42 Å². The second kappa shape index (κ2) is 10.4. The Kier molecular flexibility index (Phi) is 7.61. The average Bonchev–Trinajstić information content (AvgIpc) is 2.79. The van der Waals surface area contributed by atoms with E-state index in [4.69, 9.17) is 21.1 Å². The van der Waals surface area contributed by atoms with Crippen LogP contribution in [0.3, 0.4) is 0 Å². The highest BCUT2D eigenvalue weighted by Crippen LogP contribution is 2.29. The molecule has 0 aliphatic carbocycles. The Hall–Kier alpha value is -3.23. The molecule has 7 nitrogen and oxygen atoms in total. The van der Waals surface area contributed by atoms with Crippen molar-refractivity contribution in [3.8, 4) is 11.5 Å². The molecule has 9 heteroatoms. The van der Waals surface area contributed by atoms with Gasteiger partial charge in [0.1, 0.15) is 6.61 Å². The zero-order valence-corrected chi connectivity index (χ0v) is 19.2. The fourth-order valence-corrected chi connectivity index (χ4v) is 3.51. The van der Waals surface area contributed by atoms with Gasteiger partial charge in [0, 0.05) is 22.0 Å². The molecule has 0 aliphatic heterocycles. The van der Waals surface area contributed by atoms with Crippen molar-refractivity contribution in [2.45, 2.75) is 13.5 Å². The molecule has 3 aromatic rings. The van der Waals surface area contributed by atoms with E-state index in [1.807, 2.05) is 12.1 Å². The topological polar surface area (TPSA) is 93.7 Å². The molecular formula is C23H23ClN2O5S. The number of methoxy groups -OCH3 is 1. The molecule has 0 unspecified atom stereocenters. The molecule has 0 saturated heterocycles. The summed E-state index contributed by atoms with van der Waals surface area (Å²) in [6.45, 7) is 1.88. The molecule has 0 fully saturated rings. The Bertz CT molecular complexity index is 1180. The molecule has 3 rings (SSSR count). The van der Waals surface area contributed by atoms with Crippen molar-refractivity contribution in [2.24, 2.45) is 0 Å². The second-order valence-electron chi connectivity index (χ2n) is 6.82. The number of benzene rings is 3. The van der Waals surface area contributed by atoms with Gasteiger partial charge in [0.15, 0.2) is 11.5 Å². The highest BCUT2D eigenvalue weighted by atomic mass is 35.5. The maximum atomic E-state index is 12.6. The normalized spacial score (nSPS) is 11.0. The number of sulfonamides is 1. The van der Waals surface area contributed by atoms with Crippen molar-refractivity contribution in [1.82, 2.24) is 0 Å². The number of carbonyl (C=O) groups excluding carboxylic acids is 1. The third-order valence-corrected chi connectivity index (χ3v) is 6.09. The van der Waals surface area contributed by atoms with E-state index in [0.29, 0.717) is 40.1 Å². The first-order chi connectivity index (χ1) is 15.3. The third kappa shape index (κ3) is 6.38. The molecule has 3 aromatic carbocycles. The number of nitrogens with one attached hydrogen (secondary N) is 2. The molecule has 0 heterocycles. The van der Waals surface area contributed by atoms with Crippen LogP contribution in [0.25, 0.3) is 0 Å². The summed E-state index contributed by atoms with van der Waals surface area (Å²) >= 11 is 5.89. The van der Waals surface area contributed by atoms with E-state index in [1.165, 1.54) is 7.11 Å². The molecule has 0 aromatic heterocycles. The SMILES string of the molecule is CCS(=O)(=O)Nc1ccc(NC(=O)c2ccc(OCc3ccc(Cl)cc3)c(OC)c2)cc1. The fraction of sp³-hybridized carbons (Fsp3) is 0.174. The van der Waals surface area contributed by atoms with Crippen LogP contribution in [-0.4, -0.2) is 27.2 Å². The lowest BCUT2D eigenvalue weighted by atomic mass is 10.1. The Morgan fingerprint density at radius 3 is 2.22 bits per heavy atom. The summed E-state index contributed by atoms with van der Waals surface area (Å²) in [5.74, 6) is 0.573. The molecule has 1 amide bonds. The number of amides is 1. The first-order valence-electron chi connectivity index (χ1n) is 9.77. The number of carbonyl (C=O) groups is 1. The number of halogens is 1. The standard InChI is InChI=1S/C23H23ClN2O5S/c1-3-32(28,29)26-20-11-9-19(10-12-20)25-23(27)17-6-13-21(22(14-17)30-2)31-15-16-4-7-18(24)8-5-16/h4-14,26H,3,15H2,1-2H3,(H,25,27). The van der Waals surface area contributed by atoms with Gasteiger partial charge in [0.2, 0.25) is 10.0 Å². The van der Waals surface area contributed by atoms with Gasteiger partial charge < -0.3 is 14.8 Å². The summed E-state index contributed by atoms with van der Waals surface area (Å²) < 4.78 is 36.9. The third-order valence-electron chi connectivity index (χ3n) is 4.53. The van der Waals surface area contributed by atoms with Gasteiger partial charge in [0.05, 0.1) is 12.9 Å². The second-order valence-corrected chi connectivity index (χ2v) is 9.27. The summed E-state index contributed by atoms with van der Waals surface area (Å²) in [6, 6.07) is 18.6. The number of anilines is 2. The van der Waals surface area contributed by atoms with Crippen LogP contribution in [-0.2, 0) is 16.6 Å². The van der Waals surface area contributed by atoms with Gasteiger partial charge in [-0.1, -0.05) is 23.7 Å². The van der Waals surface area contributed by atoms with Crippen molar-refractivity contribution < 1.29 is 22.7 Å². The van der Waals surface area contributed by atoms with Crippen molar-refractivity contribution in [3.63, 3.8) is 0 Å². The van der Waals surface area contributed by atoms with E-state index in [-0.39, 0.29) is 11.7 Å². The molecule has 32 heavy (non-hydrogen) atoms. The molecular weight excluding hydrogens is 452 g/mol. The molecule has 0 radical (unpaired) electrons. The van der Waals surface area contributed by atoms with Gasteiger partial charge in [-0.3, -0.25) is 9.52 Å². The minimum absolute atomic E-state index is 0.0211. The Morgan fingerprint density at radius 1 is 0.938 bits per heavy atom. The smallest absolute Gasteiger partial charge is 0.255 e. The molecule has 0 saturated carbocycles. The predicted octanol–water partition coefficient (Wildman–Crippen LogP) is 4.94. The summed E-state index contributed by atoms with van der Waals surface area (Å²) in [5.41, 5.74) is 2.28. The van der Waals surface area contributed by atoms with Gasteiger partial charge in [-0.05, 0) is 67.1 Å². The van der Waals surface area contributed by atoms with E-state index in [1.54, 1.807) is 61.5 Å². The lowest BCUT2D eigenvalue weighted by Crippen LogP contribution is -2.15. The summed E-state index contributed by atoms with van der Waals surface area (Å²) in [6.07, 6.45) is 0. The van der Waals surface area contributed by atoms with Crippen LogP contribution in [0.2, 0.25) is 5.02 Å². The summed E-state index contributed by atoms with van der Waals surface area (Å²) in [4.78, 5) is 12.6. The van der Waals surface area contributed by atoms with E-state index in [0.717, 1.165) is 5.56 Å². The maximum absolute atomic E-state index is 12.6. The number of rotatable bonds is 9. The fourth-order valence-electron chi connectivity index (χ4n) is 2.75. The minimum atomic E-state index is -3.36. The summed E-state index contributed by atoms with van der Waals surface area (Å²) in [5, 5.41) is 3.42. The van der Waals surface area contributed by atoms with Gasteiger partial charge in [-0.2, -0.15) is 0 Å². The Balaban J connectivity index is 1.65. The van der Waals surface area contributed by atoms with Crippen molar-refractivity contribution >= 4 is 38.9 Å². The first kappa shape index (κ1) is 23.4. The van der Waals surface area contributed by atoms with Crippen molar-refractivity contribution in [1.29, 1.82) is 0 Å². The minimum Gasteiger partial charge on any atom is -0.493 e. The molecule has 0 spiro atoms. The van der Waals surface area contributed by atoms with Crippen LogP contribution in [0.15, 0.2) is 66.7 Å². The van der Waals surface area contributed by atoms with E-state index < -0.39 is 10.0 Å². The van der Waals surface area contributed by atoms with Gasteiger partial charge >= 0.3 is 0 Å². The molecule has 0 aliphatic rings. The zero-order valence-electron chi connectivity index (χ0n) is 17.6. The molecule has 2 N–H and O–H groups in total. The van der Waals surface area contributed by atoms with E-state index in [9.17, 15) is 13.2 Å². The molecule has 0 atom stereocenters. The molecule has 168 valence electrons. The van der Waals surface area contributed by atoms with Crippen LogP contribution in [0, 0.1) is 0 Å². The largest absolute Gasteiger partial charge is 0.493 e. The zero-order chi connectivity index (χ0) is 23.1. The van der Waals surface area contributed by atoms with E-state index in [2.05, 4.69) is 10.0 Å². The Labute approximate surface area is 192 Å². The van der Waals surface area contributed by atoms with Crippen molar-refractivity contribution in [3.05, 3.63) is 82.9 Å². The van der Waals surface area contributed by atoms with Gasteiger partial charge in [0.25, 0.3) is 5.91 Å². The number of hydrogen-bond donors (Lipinski definition) is 2. The summed E-state index contributed by atoms with van der Waals surface area (Å²) in [7, 11) is -1.85. The van der Waals surface area contributed by atoms with Gasteiger partial charge in [-0.15, -0.1) is 0 Å². The van der Waals surface area contributed by atoms with Crippen molar-refractivity contribution in [2.75, 3.05) is 22.9 Å². The number of hydrogen-bond acceptors (Lipinski definition) is 5. The lowest BCUT2D eigenvalue weighted by molar-refractivity contribution is 0.102. The highest BCUT2D eigenvalue weighted by molar-refractivity contribution is 7.92. The average molecular weight is 475 g/mol. The lowest BCUT2D eigenvalue weighted by Gasteiger charge is -2.13. The monoisotopic (exact) mass is 474 g/mol. The number of ether oxygens (including phenoxy) is 2. The van der Waals surface area contributed by atoms with Crippen LogP contribution in [0.1, 0.15) is 22.8 Å². The van der Waals surface area contributed by atoms with Crippen LogP contribution >= 0.6 is 11.6 Å². The van der Waals surface area contributed by atoms with Crippen LogP contribution < -0.4 is 19.5 Å². The van der Waals surface area contributed by atoms with Crippen LogP contribution in [0.4, 0.5) is 11.4 Å². The van der Waals surface area contributed by atoms with Crippen LogP contribution in [0.5, 0.6) is 11.5 Å². The predicted molar refractivity (Wildman–Crippen MR) is 126 cm³/mol.